The van der Waals surface area contributed by atoms with Crippen molar-refractivity contribution in [2.45, 2.75) is 265 Å². The van der Waals surface area contributed by atoms with Crippen LogP contribution in [0.25, 0.3) is 0 Å². The van der Waals surface area contributed by atoms with Crippen LogP contribution in [-0.2, 0) is 23.8 Å². The smallest absolute Gasteiger partial charge is 0.306 e. The van der Waals surface area contributed by atoms with E-state index in [1.807, 2.05) is 0 Å². The zero-order valence-corrected chi connectivity index (χ0v) is 38.9. The highest BCUT2D eigenvalue weighted by Gasteiger charge is 2.16. The van der Waals surface area contributed by atoms with Crippen LogP contribution in [0, 0.1) is 11.8 Å². The lowest BCUT2D eigenvalue weighted by Crippen LogP contribution is -2.21. The Morgan fingerprint density at radius 1 is 0.421 bits per heavy atom. The van der Waals surface area contributed by atoms with Gasteiger partial charge in [0.1, 0.15) is 0 Å². The summed E-state index contributed by atoms with van der Waals surface area (Å²) >= 11 is 0. The van der Waals surface area contributed by atoms with E-state index in [4.69, 9.17) is 14.2 Å². The Morgan fingerprint density at radius 3 is 1.16 bits per heavy atom. The van der Waals surface area contributed by atoms with Crippen molar-refractivity contribution in [3.63, 3.8) is 0 Å². The van der Waals surface area contributed by atoms with Gasteiger partial charge in [-0.3, -0.25) is 9.59 Å². The quantitative estimate of drug-likeness (QED) is 0.0451. The molecule has 6 heteroatoms. The van der Waals surface area contributed by atoms with Gasteiger partial charge in [0.05, 0.1) is 19.3 Å². The summed E-state index contributed by atoms with van der Waals surface area (Å²) in [6.45, 7) is 14.9. The van der Waals surface area contributed by atoms with E-state index in [0.717, 1.165) is 19.4 Å². The fourth-order valence-electron chi connectivity index (χ4n) is 8.70. The molecule has 0 amide bonds. The second-order valence-corrected chi connectivity index (χ2v) is 18.1. The summed E-state index contributed by atoms with van der Waals surface area (Å²) in [7, 11) is 0. The van der Waals surface area contributed by atoms with E-state index >= 15 is 0 Å². The van der Waals surface area contributed by atoms with Gasteiger partial charge in [0.2, 0.25) is 0 Å². The molecule has 0 aromatic heterocycles. The molecule has 1 fully saturated rings. The number of carbonyl (C=O) groups is 2. The highest BCUT2D eigenvalue weighted by Crippen LogP contribution is 2.23. The summed E-state index contributed by atoms with van der Waals surface area (Å²) in [5.74, 6) is 1.08. The second-order valence-electron chi connectivity index (χ2n) is 18.1. The highest BCUT2D eigenvalue weighted by molar-refractivity contribution is 5.70. The van der Waals surface area contributed by atoms with Crippen molar-refractivity contribution in [2.75, 3.05) is 39.5 Å². The van der Waals surface area contributed by atoms with Crippen molar-refractivity contribution < 1.29 is 23.8 Å². The molecular weight excluding hydrogens is 707 g/mol. The number of hydrogen-bond donors (Lipinski definition) is 0. The van der Waals surface area contributed by atoms with Crippen LogP contribution in [0.2, 0.25) is 0 Å². The number of hydrogen-bond acceptors (Lipinski definition) is 6. The molecule has 0 aromatic rings. The van der Waals surface area contributed by atoms with Gasteiger partial charge in [-0.15, -0.1) is 0 Å². The maximum atomic E-state index is 12.4. The Kier molecular flexibility index (Phi) is 39.3. The van der Waals surface area contributed by atoms with Crippen LogP contribution in [0.3, 0.4) is 0 Å². The minimum absolute atomic E-state index is 0.0272. The van der Waals surface area contributed by atoms with Gasteiger partial charge in [0, 0.05) is 19.4 Å². The highest BCUT2D eigenvalue weighted by atomic mass is 16.5. The van der Waals surface area contributed by atoms with Gasteiger partial charge >= 0.3 is 11.9 Å². The van der Waals surface area contributed by atoms with E-state index < -0.39 is 0 Å². The molecule has 1 aliphatic heterocycles. The molecule has 0 atom stereocenters. The molecule has 0 aromatic carbocycles. The lowest BCUT2D eigenvalue weighted by molar-refractivity contribution is -0.146. The van der Waals surface area contributed by atoms with E-state index in [-0.39, 0.29) is 11.9 Å². The van der Waals surface area contributed by atoms with Gasteiger partial charge in [-0.05, 0) is 109 Å². The number of rotatable bonds is 44. The molecule has 1 aliphatic rings. The molecule has 0 bridgehead atoms. The minimum Gasteiger partial charge on any atom is -0.466 e. The Labute approximate surface area is 355 Å². The second kappa shape index (κ2) is 41.6. The molecule has 0 saturated carbocycles. The lowest BCUT2D eigenvalue weighted by Gasteiger charge is -2.19. The number of nitrogens with zero attached hydrogens (tertiary/aromatic N) is 1. The van der Waals surface area contributed by atoms with Gasteiger partial charge in [-0.25, -0.2) is 0 Å². The van der Waals surface area contributed by atoms with Crippen LogP contribution in [-0.4, -0.2) is 62.4 Å². The van der Waals surface area contributed by atoms with Crippen LogP contribution in [0.1, 0.15) is 259 Å². The first-order chi connectivity index (χ1) is 28.0. The molecule has 1 saturated heterocycles. The van der Waals surface area contributed by atoms with Crippen molar-refractivity contribution in [3.05, 3.63) is 0 Å². The van der Waals surface area contributed by atoms with Crippen LogP contribution >= 0.6 is 0 Å². The molecule has 1 heterocycles. The van der Waals surface area contributed by atoms with Crippen LogP contribution in [0.4, 0.5) is 0 Å². The van der Waals surface area contributed by atoms with E-state index in [2.05, 4.69) is 32.6 Å². The predicted octanol–water partition coefficient (Wildman–Crippen LogP) is 15.1. The topological polar surface area (TPSA) is 65.1 Å². The maximum Gasteiger partial charge on any atom is 0.306 e. The summed E-state index contributed by atoms with van der Waals surface area (Å²) in [5, 5.41) is 0. The van der Waals surface area contributed by atoms with Gasteiger partial charge in [0.15, 0.2) is 0 Å². The van der Waals surface area contributed by atoms with Crippen LogP contribution in [0.5, 0.6) is 0 Å². The summed E-state index contributed by atoms with van der Waals surface area (Å²) in [6.07, 6.45) is 43.7. The molecule has 0 radical (unpaired) electrons. The summed E-state index contributed by atoms with van der Waals surface area (Å²) < 4.78 is 17.7. The minimum atomic E-state index is 0.0272. The number of unbranched alkanes of at least 4 members (excludes halogenated alkanes) is 19. The number of carbonyl (C=O) groups excluding carboxylic acids is 2. The average Bonchev–Trinajstić information content (AvgIpc) is 3.74. The van der Waals surface area contributed by atoms with Crippen molar-refractivity contribution in [1.82, 2.24) is 4.90 Å². The fraction of sp³-hybridized carbons (Fsp3) is 0.961. The zero-order valence-electron chi connectivity index (χ0n) is 38.9. The summed E-state index contributed by atoms with van der Waals surface area (Å²) in [6, 6.07) is 0. The van der Waals surface area contributed by atoms with E-state index in [9.17, 15) is 9.59 Å². The first-order valence-electron chi connectivity index (χ1n) is 25.7. The average molecular weight is 806 g/mol. The first kappa shape index (κ1) is 53.9. The van der Waals surface area contributed by atoms with Crippen molar-refractivity contribution in [1.29, 1.82) is 0 Å². The molecule has 338 valence electrons. The predicted molar refractivity (Wildman–Crippen MR) is 244 cm³/mol. The van der Waals surface area contributed by atoms with Gasteiger partial charge in [0.25, 0.3) is 0 Å². The molecule has 0 spiro atoms. The third-order valence-corrected chi connectivity index (χ3v) is 12.6. The van der Waals surface area contributed by atoms with E-state index in [1.54, 1.807) is 0 Å². The SMILES string of the molecule is CCCCC(CCCC)CC(=O)OCCCCCCCCCCC(CCCCCCCCCCOC(=O)CC(CCCC)CCCC)OCCCCN1CCCC1. The standard InChI is InChI=1S/C51H99NO5/c1-5-9-33-47(34-10-6-2)45-50(53)56-43-30-23-19-15-13-17-21-25-37-49(55-42-32-29-41-52-39-27-28-40-52)38-26-22-18-14-16-20-24-31-44-57-51(54)46-48(35-11-7-3)36-12-8-4/h47-49H,5-46H2,1-4H3. The van der Waals surface area contributed by atoms with Crippen molar-refractivity contribution in [3.8, 4) is 0 Å². The van der Waals surface area contributed by atoms with E-state index in [0.29, 0.717) is 44.0 Å². The summed E-state index contributed by atoms with van der Waals surface area (Å²) in [4.78, 5) is 27.4. The largest absolute Gasteiger partial charge is 0.466 e. The molecule has 0 N–H and O–H groups in total. The third-order valence-electron chi connectivity index (χ3n) is 12.6. The molecule has 6 nitrogen and oxygen atoms in total. The summed E-state index contributed by atoms with van der Waals surface area (Å²) in [5.41, 5.74) is 0. The van der Waals surface area contributed by atoms with E-state index in [1.165, 1.54) is 225 Å². The molecular formula is C51H99NO5. The van der Waals surface area contributed by atoms with Gasteiger partial charge < -0.3 is 19.1 Å². The van der Waals surface area contributed by atoms with Crippen molar-refractivity contribution >= 4 is 11.9 Å². The maximum absolute atomic E-state index is 12.4. The molecule has 57 heavy (non-hydrogen) atoms. The number of esters is 2. The monoisotopic (exact) mass is 806 g/mol. The molecule has 0 aliphatic carbocycles. The molecule has 0 unspecified atom stereocenters. The number of ether oxygens (including phenoxy) is 3. The van der Waals surface area contributed by atoms with Gasteiger partial charge in [-0.1, -0.05) is 169 Å². The van der Waals surface area contributed by atoms with Crippen LogP contribution in [0.15, 0.2) is 0 Å². The Morgan fingerprint density at radius 2 is 0.772 bits per heavy atom. The number of likely N-dealkylation sites (tertiary alicyclic amines) is 1. The van der Waals surface area contributed by atoms with Crippen LogP contribution < -0.4 is 0 Å². The normalized spacial score (nSPS) is 13.5. The van der Waals surface area contributed by atoms with Gasteiger partial charge in [-0.2, -0.15) is 0 Å². The fourth-order valence-corrected chi connectivity index (χ4v) is 8.70. The van der Waals surface area contributed by atoms with Crippen molar-refractivity contribution in [2.24, 2.45) is 11.8 Å². The third kappa shape index (κ3) is 35.3. The first-order valence-corrected chi connectivity index (χ1v) is 25.7. The lowest BCUT2D eigenvalue weighted by atomic mass is 9.93. The zero-order chi connectivity index (χ0) is 41.3. The molecule has 1 rings (SSSR count). The Balaban J connectivity index is 2.14. The Bertz CT molecular complexity index is 789. The Hall–Kier alpha value is -1.14.